The molecular formula is C19H31N7O4. The number of nitrogen functional groups attached to an aromatic ring is 1. The van der Waals surface area contributed by atoms with Gasteiger partial charge >= 0.3 is 11.9 Å². The van der Waals surface area contributed by atoms with E-state index in [1.807, 2.05) is 27.7 Å². The molecule has 30 heavy (non-hydrogen) atoms. The molecule has 166 valence electrons. The molecule has 2 rings (SSSR count). The average molecular weight is 422 g/mol. The highest BCUT2D eigenvalue weighted by atomic mass is 16.6. The summed E-state index contributed by atoms with van der Waals surface area (Å²) in [6, 6.07) is -1.47. The fourth-order valence-corrected chi connectivity index (χ4v) is 2.58. The fourth-order valence-electron chi connectivity index (χ4n) is 2.58. The molecule has 6 N–H and O–H groups in total. The monoisotopic (exact) mass is 421 g/mol. The lowest BCUT2D eigenvalue weighted by atomic mass is 10.1. The summed E-state index contributed by atoms with van der Waals surface area (Å²) in [5.41, 5.74) is 18.4. The van der Waals surface area contributed by atoms with Gasteiger partial charge < -0.3 is 31.2 Å². The third kappa shape index (κ3) is 6.10. The second-order valence-electron chi connectivity index (χ2n) is 7.89. The van der Waals surface area contributed by atoms with Crippen LogP contribution in [0.25, 0.3) is 11.2 Å². The number of anilines is 1. The highest BCUT2D eigenvalue weighted by Gasteiger charge is 2.25. The zero-order valence-electron chi connectivity index (χ0n) is 17.8. The number of carbonyl (C=O) groups is 2. The molecule has 0 amide bonds. The number of hydrogen-bond acceptors (Lipinski definition) is 10. The number of nitrogens with two attached hydrogens (primary N) is 3. The van der Waals surface area contributed by atoms with E-state index in [2.05, 4.69) is 15.0 Å². The molecule has 0 saturated heterocycles. The minimum Gasteiger partial charge on any atom is -0.464 e. The molecule has 2 aromatic rings. The summed E-state index contributed by atoms with van der Waals surface area (Å²) in [4.78, 5) is 36.7. The molecule has 0 aliphatic rings. The van der Waals surface area contributed by atoms with Crippen molar-refractivity contribution in [2.45, 2.75) is 58.8 Å². The molecule has 0 spiro atoms. The largest absolute Gasteiger partial charge is 0.464 e. The van der Waals surface area contributed by atoms with E-state index in [1.165, 1.54) is 6.20 Å². The Kier molecular flexibility index (Phi) is 8.07. The zero-order valence-corrected chi connectivity index (χ0v) is 17.8. The van der Waals surface area contributed by atoms with Gasteiger partial charge in [-0.3, -0.25) is 9.59 Å². The molecule has 2 heterocycles. The van der Waals surface area contributed by atoms with Crippen LogP contribution in [0.3, 0.4) is 0 Å². The lowest BCUT2D eigenvalue weighted by Gasteiger charge is -2.22. The highest BCUT2D eigenvalue weighted by Crippen LogP contribution is 2.14. The van der Waals surface area contributed by atoms with Gasteiger partial charge in [-0.2, -0.15) is 4.98 Å². The Morgan fingerprint density at radius 2 is 1.70 bits per heavy atom. The van der Waals surface area contributed by atoms with Crippen LogP contribution in [0.4, 0.5) is 5.95 Å². The SMILES string of the molecule is CC(C)[C@H](N)C(=O)OCCC(Cn1cnc2cnc(N)nc21)OC(=O)[C@@H](N)C(C)C. The van der Waals surface area contributed by atoms with Crippen LogP contribution in [0.1, 0.15) is 34.1 Å². The summed E-state index contributed by atoms with van der Waals surface area (Å²) in [5, 5.41) is 0. The Hall–Kier alpha value is -2.79. The van der Waals surface area contributed by atoms with Crippen LogP contribution in [0.2, 0.25) is 0 Å². The van der Waals surface area contributed by atoms with Crippen molar-refractivity contribution in [2.24, 2.45) is 23.3 Å². The number of imidazole rings is 1. The second kappa shape index (κ2) is 10.3. The number of esters is 2. The first kappa shape index (κ1) is 23.5. The second-order valence-corrected chi connectivity index (χ2v) is 7.89. The Morgan fingerprint density at radius 3 is 2.33 bits per heavy atom. The van der Waals surface area contributed by atoms with Gasteiger partial charge in [-0.25, -0.2) is 9.97 Å². The predicted molar refractivity (Wildman–Crippen MR) is 111 cm³/mol. The van der Waals surface area contributed by atoms with Crippen molar-refractivity contribution in [1.29, 1.82) is 0 Å². The average Bonchev–Trinajstić information content (AvgIpc) is 3.07. The van der Waals surface area contributed by atoms with Crippen molar-refractivity contribution in [3.63, 3.8) is 0 Å². The molecule has 1 unspecified atom stereocenters. The van der Waals surface area contributed by atoms with Crippen LogP contribution in [0.5, 0.6) is 0 Å². The van der Waals surface area contributed by atoms with Gasteiger partial charge in [-0.15, -0.1) is 0 Å². The van der Waals surface area contributed by atoms with Gasteiger partial charge in [0.1, 0.15) is 23.7 Å². The smallest absolute Gasteiger partial charge is 0.323 e. The molecule has 0 saturated carbocycles. The third-order valence-corrected chi connectivity index (χ3v) is 4.73. The number of aromatic nitrogens is 4. The van der Waals surface area contributed by atoms with E-state index < -0.39 is 30.1 Å². The molecule has 2 aromatic heterocycles. The fraction of sp³-hybridized carbons (Fsp3) is 0.632. The van der Waals surface area contributed by atoms with E-state index in [0.717, 1.165) is 0 Å². The molecule has 3 atom stereocenters. The predicted octanol–water partition coefficient (Wildman–Crippen LogP) is 0.220. The van der Waals surface area contributed by atoms with E-state index in [4.69, 9.17) is 26.7 Å². The molecule has 0 aliphatic heterocycles. The molecular weight excluding hydrogens is 390 g/mol. The lowest BCUT2D eigenvalue weighted by Crippen LogP contribution is -2.40. The van der Waals surface area contributed by atoms with Crippen LogP contribution in [0.15, 0.2) is 12.5 Å². The van der Waals surface area contributed by atoms with Gasteiger partial charge in [-0.05, 0) is 11.8 Å². The summed E-state index contributed by atoms with van der Waals surface area (Å²) < 4.78 is 12.6. The van der Waals surface area contributed by atoms with Crippen molar-refractivity contribution < 1.29 is 19.1 Å². The normalized spacial score (nSPS) is 14.7. The molecule has 11 heteroatoms. The van der Waals surface area contributed by atoms with Crippen LogP contribution in [-0.2, 0) is 25.6 Å². The van der Waals surface area contributed by atoms with Crippen LogP contribution >= 0.6 is 0 Å². The summed E-state index contributed by atoms with van der Waals surface area (Å²) >= 11 is 0. The molecule has 0 aliphatic carbocycles. The number of fused-ring (bicyclic) bond motifs is 1. The number of hydrogen-bond donors (Lipinski definition) is 3. The quantitative estimate of drug-likeness (QED) is 0.450. The van der Waals surface area contributed by atoms with E-state index in [9.17, 15) is 9.59 Å². The summed E-state index contributed by atoms with van der Waals surface area (Å²) in [6.07, 6.45) is 2.70. The van der Waals surface area contributed by atoms with E-state index >= 15 is 0 Å². The molecule has 0 fully saturated rings. The summed E-state index contributed by atoms with van der Waals surface area (Å²) in [5.74, 6) is -1.04. The number of rotatable bonds is 10. The summed E-state index contributed by atoms with van der Waals surface area (Å²) in [6.45, 7) is 7.61. The number of carbonyl (C=O) groups excluding carboxylic acids is 2. The van der Waals surface area contributed by atoms with E-state index in [-0.39, 0.29) is 37.4 Å². The lowest BCUT2D eigenvalue weighted by molar-refractivity contribution is -0.154. The topological polar surface area (TPSA) is 174 Å². The maximum atomic E-state index is 12.4. The minimum absolute atomic E-state index is 0.0396. The molecule has 0 bridgehead atoms. The Bertz CT molecular complexity index is 868. The number of ether oxygens (including phenoxy) is 2. The Balaban J connectivity index is 2.11. The van der Waals surface area contributed by atoms with Crippen molar-refractivity contribution in [2.75, 3.05) is 12.3 Å². The highest BCUT2D eigenvalue weighted by molar-refractivity contribution is 5.76. The van der Waals surface area contributed by atoms with Crippen molar-refractivity contribution in [3.8, 4) is 0 Å². The first-order valence-electron chi connectivity index (χ1n) is 9.91. The number of nitrogens with zero attached hydrogens (tertiary/aromatic N) is 4. The molecule has 11 nitrogen and oxygen atoms in total. The van der Waals surface area contributed by atoms with E-state index in [1.54, 1.807) is 10.9 Å². The van der Waals surface area contributed by atoms with E-state index in [0.29, 0.717) is 11.2 Å². The first-order valence-corrected chi connectivity index (χ1v) is 9.91. The van der Waals surface area contributed by atoms with Crippen molar-refractivity contribution in [1.82, 2.24) is 19.5 Å². The van der Waals surface area contributed by atoms with Crippen molar-refractivity contribution in [3.05, 3.63) is 12.5 Å². The van der Waals surface area contributed by atoms with Gasteiger partial charge in [0.15, 0.2) is 5.65 Å². The Morgan fingerprint density at radius 1 is 1.07 bits per heavy atom. The van der Waals surface area contributed by atoms with Gasteiger partial charge in [0.25, 0.3) is 0 Å². The third-order valence-electron chi connectivity index (χ3n) is 4.73. The van der Waals surface area contributed by atoms with Gasteiger partial charge in [0.2, 0.25) is 5.95 Å². The maximum Gasteiger partial charge on any atom is 0.323 e. The summed E-state index contributed by atoms with van der Waals surface area (Å²) in [7, 11) is 0. The van der Waals surface area contributed by atoms with Gasteiger partial charge in [0, 0.05) is 6.42 Å². The standard InChI is InChI=1S/C19H31N7O4/c1-10(2)14(20)17(27)29-6-5-12(30-18(28)15(21)11(3)4)8-26-9-24-13-7-23-19(22)25-16(13)26/h7,9-12,14-15H,5-6,8,20-21H2,1-4H3,(H2,22,23,25)/t12?,14-,15-/m0/s1. The van der Waals surface area contributed by atoms with Crippen LogP contribution < -0.4 is 17.2 Å². The molecule has 0 aromatic carbocycles. The van der Waals surface area contributed by atoms with Crippen LogP contribution in [0, 0.1) is 11.8 Å². The van der Waals surface area contributed by atoms with Gasteiger partial charge in [0.05, 0.1) is 25.7 Å². The van der Waals surface area contributed by atoms with Gasteiger partial charge in [-0.1, -0.05) is 27.7 Å². The van der Waals surface area contributed by atoms with Crippen molar-refractivity contribution >= 4 is 29.1 Å². The minimum atomic E-state index is -0.762. The molecule has 0 radical (unpaired) electrons. The maximum absolute atomic E-state index is 12.4. The zero-order chi connectivity index (χ0) is 22.4. The van der Waals surface area contributed by atoms with Crippen LogP contribution in [-0.4, -0.2) is 56.3 Å². The Labute approximate surface area is 175 Å². The first-order chi connectivity index (χ1) is 14.1.